The summed E-state index contributed by atoms with van der Waals surface area (Å²) in [6.07, 6.45) is 2.06. The Labute approximate surface area is 151 Å². The highest BCUT2D eigenvalue weighted by Gasteiger charge is 2.32. The second kappa shape index (κ2) is 6.65. The molecule has 2 aromatic carbocycles. The maximum absolute atomic E-state index is 13.0. The molecule has 1 aliphatic heterocycles. The molecule has 126 valence electrons. The fourth-order valence-electron chi connectivity index (χ4n) is 3.34. The van der Waals surface area contributed by atoms with Gasteiger partial charge < -0.3 is 14.8 Å². The van der Waals surface area contributed by atoms with Crippen LogP contribution >= 0.6 is 11.6 Å². The van der Waals surface area contributed by atoms with Crippen molar-refractivity contribution in [3.05, 3.63) is 89.2 Å². The van der Waals surface area contributed by atoms with Gasteiger partial charge in [0.15, 0.2) is 0 Å². The maximum atomic E-state index is 13.0. The van der Waals surface area contributed by atoms with E-state index in [2.05, 4.69) is 34.3 Å². The Bertz CT molecular complexity index is 891. The van der Waals surface area contributed by atoms with E-state index in [1.54, 1.807) is 6.07 Å². The Kier molecular flexibility index (Phi) is 4.20. The first-order valence-electron chi connectivity index (χ1n) is 8.26. The first kappa shape index (κ1) is 15.8. The third-order valence-electron chi connectivity index (χ3n) is 4.53. The van der Waals surface area contributed by atoms with Crippen LogP contribution in [0.3, 0.4) is 0 Å². The topological polar surface area (TPSA) is 37.3 Å². The standard InChI is InChI=1S/C20H18ClN3O/c21-16-9-4-5-10-17(16)22-20(25)24-14-13-23-12-6-11-18(23)19(24)15-7-2-1-3-8-15/h1-12,19H,13-14H2,(H,22,25)/t19-/m1/s1. The molecule has 0 radical (unpaired) electrons. The van der Waals surface area contributed by atoms with Crippen LogP contribution in [0.4, 0.5) is 10.5 Å². The van der Waals surface area contributed by atoms with Gasteiger partial charge >= 0.3 is 6.03 Å². The number of hydrogen-bond acceptors (Lipinski definition) is 1. The van der Waals surface area contributed by atoms with Gasteiger partial charge in [-0.05, 0) is 29.8 Å². The zero-order chi connectivity index (χ0) is 17.2. The highest BCUT2D eigenvalue weighted by Crippen LogP contribution is 2.33. The molecule has 2 amide bonds. The number of fused-ring (bicyclic) bond motifs is 1. The van der Waals surface area contributed by atoms with Crippen molar-refractivity contribution in [1.29, 1.82) is 0 Å². The second-order valence-corrected chi connectivity index (χ2v) is 6.45. The van der Waals surface area contributed by atoms with Crippen molar-refractivity contribution >= 4 is 23.3 Å². The Morgan fingerprint density at radius 2 is 1.72 bits per heavy atom. The fraction of sp³-hybridized carbons (Fsp3) is 0.150. The molecule has 0 spiro atoms. The summed E-state index contributed by atoms with van der Waals surface area (Å²) in [5.41, 5.74) is 2.84. The van der Waals surface area contributed by atoms with Crippen LogP contribution in [-0.2, 0) is 6.54 Å². The summed E-state index contributed by atoms with van der Waals surface area (Å²) in [6.45, 7) is 1.42. The molecule has 0 bridgehead atoms. The van der Waals surface area contributed by atoms with Crippen molar-refractivity contribution < 1.29 is 4.79 Å². The number of hydrogen-bond donors (Lipinski definition) is 1. The number of aromatic nitrogens is 1. The molecule has 3 aromatic rings. The highest BCUT2D eigenvalue weighted by atomic mass is 35.5. The van der Waals surface area contributed by atoms with Gasteiger partial charge in [-0.2, -0.15) is 0 Å². The number of nitrogens with zero attached hydrogens (tertiary/aromatic N) is 2. The van der Waals surface area contributed by atoms with E-state index in [0.29, 0.717) is 17.3 Å². The van der Waals surface area contributed by atoms with Crippen LogP contribution in [0.5, 0.6) is 0 Å². The van der Waals surface area contributed by atoms with Crippen LogP contribution in [0.2, 0.25) is 5.02 Å². The van der Waals surface area contributed by atoms with Crippen LogP contribution in [0.15, 0.2) is 72.9 Å². The number of rotatable bonds is 2. The van der Waals surface area contributed by atoms with Gasteiger partial charge in [-0.3, -0.25) is 0 Å². The number of urea groups is 1. The molecule has 4 nitrogen and oxygen atoms in total. The number of benzene rings is 2. The molecule has 1 aliphatic rings. The lowest BCUT2D eigenvalue weighted by Gasteiger charge is -2.37. The van der Waals surface area contributed by atoms with E-state index in [-0.39, 0.29) is 12.1 Å². The predicted molar refractivity (Wildman–Crippen MR) is 99.9 cm³/mol. The quantitative estimate of drug-likeness (QED) is 0.709. The zero-order valence-corrected chi connectivity index (χ0v) is 14.4. The van der Waals surface area contributed by atoms with Crippen LogP contribution in [0, 0.1) is 0 Å². The van der Waals surface area contributed by atoms with E-state index in [1.165, 1.54) is 0 Å². The maximum Gasteiger partial charge on any atom is 0.322 e. The summed E-state index contributed by atoms with van der Waals surface area (Å²) in [4.78, 5) is 14.9. The Morgan fingerprint density at radius 1 is 0.960 bits per heavy atom. The lowest BCUT2D eigenvalue weighted by Crippen LogP contribution is -2.44. The first-order chi connectivity index (χ1) is 12.2. The smallest absolute Gasteiger partial charge is 0.322 e. The predicted octanol–water partition coefficient (Wildman–Crippen LogP) is 4.78. The molecule has 5 heteroatoms. The molecular formula is C20H18ClN3O. The number of carbonyl (C=O) groups is 1. The summed E-state index contributed by atoms with van der Waals surface area (Å²) < 4.78 is 2.21. The molecule has 0 saturated heterocycles. The number of carbonyl (C=O) groups excluding carboxylic acids is 1. The molecule has 25 heavy (non-hydrogen) atoms. The van der Waals surface area contributed by atoms with Crippen molar-refractivity contribution in [3.8, 4) is 0 Å². The Balaban J connectivity index is 1.68. The third kappa shape index (κ3) is 3.01. The minimum absolute atomic E-state index is 0.118. The van der Waals surface area contributed by atoms with Crippen LogP contribution < -0.4 is 5.32 Å². The van der Waals surface area contributed by atoms with Crippen LogP contribution in [-0.4, -0.2) is 22.0 Å². The third-order valence-corrected chi connectivity index (χ3v) is 4.86. The van der Waals surface area contributed by atoms with E-state index in [9.17, 15) is 4.79 Å². The summed E-state index contributed by atoms with van der Waals surface area (Å²) in [5, 5.41) is 3.48. The van der Waals surface area contributed by atoms with Gasteiger partial charge in [0.05, 0.1) is 16.8 Å². The van der Waals surface area contributed by atoms with Crippen molar-refractivity contribution in [1.82, 2.24) is 9.47 Å². The monoisotopic (exact) mass is 351 g/mol. The summed E-state index contributed by atoms with van der Waals surface area (Å²) in [5.74, 6) is 0. The first-order valence-corrected chi connectivity index (χ1v) is 8.64. The lowest BCUT2D eigenvalue weighted by molar-refractivity contribution is 0.182. The lowest BCUT2D eigenvalue weighted by atomic mass is 10.0. The number of para-hydroxylation sites is 1. The zero-order valence-electron chi connectivity index (χ0n) is 13.6. The number of nitrogens with one attached hydrogen (secondary N) is 1. The molecule has 0 fully saturated rings. The van der Waals surface area contributed by atoms with E-state index >= 15 is 0 Å². The Morgan fingerprint density at radius 3 is 2.52 bits per heavy atom. The average Bonchev–Trinajstić information content (AvgIpc) is 3.12. The molecule has 0 unspecified atom stereocenters. The van der Waals surface area contributed by atoms with Gasteiger partial charge in [0, 0.05) is 25.0 Å². The number of halogens is 1. The van der Waals surface area contributed by atoms with Crippen molar-refractivity contribution in [2.45, 2.75) is 12.6 Å². The van der Waals surface area contributed by atoms with E-state index in [0.717, 1.165) is 17.8 Å². The largest absolute Gasteiger partial charge is 0.348 e. The molecule has 1 N–H and O–H groups in total. The summed E-state index contributed by atoms with van der Waals surface area (Å²) in [6, 6.07) is 21.2. The molecule has 1 aromatic heterocycles. The van der Waals surface area contributed by atoms with Gasteiger partial charge in [0.2, 0.25) is 0 Å². The highest BCUT2D eigenvalue weighted by molar-refractivity contribution is 6.33. The number of amides is 2. The minimum Gasteiger partial charge on any atom is -0.348 e. The van der Waals surface area contributed by atoms with E-state index < -0.39 is 0 Å². The summed E-state index contributed by atoms with van der Waals surface area (Å²) in [7, 11) is 0. The fourth-order valence-corrected chi connectivity index (χ4v) is 3.52. The Hall–Kier alpha value is -2.72. The van der Waals surface area contributed by atoms with Gasteiger partial charge in [0.1, 0.15) is 0 Å². The van der Waals surface area contributed by atoms with Crippen molar-refractivity contribution in [3.63, 3.8) is 0 Å². The van der Waals surface area contributed by atoms with Crippen LogP contribution in [0.25, 0.3) is 0 Å². The van der Waals surface area contributed by atoms with E-state index in [1.807, 2.05) is 47.4 Å². The normalized spacial score (nSPS) is 16.4. The molecular weight excluding hydrogens is 334 g/mol. The molecule has 1 atom stereocenters. The SMILES string of the molecule is O=C(Nc1ccccc1Cl)N1CCn2cccc2[C@H]1c1ccccc1. The minimum atomic E-state index is -0.144. The molecule has 2 heterocycles. The van der Waals surface area contributed by atoms with E-state index in [4.69, 9.17) is 11.6 Å². The van der Waals surface area contributed by atoms with Crippen molar-refractivity contribution in [2.75, 3.05) is 11.9 Å². The van der Waals surface area contributed by atoms with Crippen LogP contribution in [0.1, 0.15) is 17.3 Å². The summed E-state index contributed by atoms with van der Waals surface area (Å²) >= 11 is 6.19. The molecule has 0 aliphatic carbocycles. The van der Waals surface area contributed by atoms with Crippen molar-refractivity contribution in [2.24, 2.45) is 0 Å². The second-order valence-electron chi connectivity index (χ2n) is 6.04. The van der Waals surface area contributed by atoms with Gasteiger partial charge in [-0.25, -0.2) is 4.79 Å². The van der Waals surface area contributed by atoms with Gasteiger partial charge in [-0.15, -0.1) is 0 Å². The average molecular weight is 352 g/mol. The number of anilines is 1. The van der Waals surface area contributed by atoms with Gasteiger partial charge in [-0.1, -0.05) is 54.1 Å². The van der Waals surface area contributed by atoms with Gasteiger partial charge in [0.25, 0.3) is 0 Å². The molecule has 4 rings (SSSR count). The molecule has 0 saturated carbocycles.